The van der Waals surface area contributed by atoms with Crippen LogP contribution in [-0.2, 0) is 0 Å². The molecular weight excluding hydrogens is 287 g/mol. The number of hydrogen-bond acceptors (Lipinski definition) is 3. The molecule has 1 atom stereocenters. The van der Waals surface area contributed by atoms with E-state index in [1.807, 2.05) is 26.0 Å². The standard InChI is InChI=1S/C17H19FO2S/c1-11-4-9-15(17(20-3)12(11)2)16(19)10-21-14-7-5-13(18)6-8-14/h4-9,16,19H,10H2,1-3H3. The summed E-state index contributed by atoms with van der Waals surface area (Å²) >= 11 is 1.49. The summed E-state index contributed by atoms with van der Waals surface area (Å²) in [6.45, 7) is 4.00. The SMILES string of the molecule is COc1c(C(O)CSc2ccc(F)cc2)ccc(C)c1C. The number of rotatable bonds is 5. The third kappa shape index (κ3) is 3.77. The first kappa shape index (κ1) is 15.9. The number of methoxy groups -OCH3 is 1. The Morgan fingerprint density at radius 3 is 2.43 bits per heavy atom. The zero-order chi connectivity index (χ0) is 15.4. The van der Waals surface area contributed by atoms with E-state index in [1.165, 1.54) is 23.9 Å². The Balaban J connectivity index is 2.11. The minimum absolute atomic E-state index is 0.254. The molecule has 0 aliphatic heterocycles. The highest BCUT2D eigenvalue weighted by Crippen LogP contribution is 2.33. The summed E-state index contributed by atoms with van der Waals surface area (Å²) in [6.07, 6.45) is -0.630. The number of ether oxygens (including phenoxy) is 1. The van der Waals surface area contributed by atoms with Gasteiger partial charge in [0.15, 0.2) is 0 Å². The third-order valence-corrected chi connectivity index (χ3v) is 4.58. The Morgan fingerprint density at radius 1 is 1.14 bits per heavy atom. The summed E-state index contributed by atoms with van der Waals surface area (Å²) in [5.41, 5.74) is 2.96. The van der Waals surface area contributed by atoms with Crippen LogP contribution in [-0.4, -0.2) is 18.0 Å². The van der Waals surface area contributed by atoms with Crippen LogP contribution in [0.3, 0.4) is 0 Å². The van der Waals surface area contributed by atoms with Crippen molar-refractivity contribution in [1.82, 2.24) is 0 Å². The maximum absolute atomic E-state index is 12.9. The Labute approximate surface area is 129 Å². The minimum atomic E-state index is -0.630. The van der Waals surface area contributed by atoms with E-state index in [-0.39, 0.29) is 5.82 Å². The Morgan fingerprint density at radius 2 is 1.81 bits per heavy atom. The van der Waals surface area contributed by atoms with Gasteiger partial charge in [0.25, 0.3) is 0 Å². The van der Waals surface area contributed by atoms with Crippen molar-refractivity contribution in [2.24, 2.45) is 0 Å². The van der Waals surface area contributed by atoms with Gasteiger partial charge in [-0.15, -0.1) is 11.8 Å². The highest BCUT2D eigenvalue weighted by Gasteiger charge is 2.16. The maximum Gasteiger partial charge on any atom is 0.127 e. The van der Waals surface area contributed by atoms with Crippen molar-refractivity contribution in [1.29, 1.82) is 0 Å². The Bertz CT molecular complexity index is 611. The van der Waals surface area contributed by atoms with E-state index in [4.69, 9.17) is 4.74 Å². The first-order valence-corrected chi connectivity index (χ1v) is 7.72. The van der Waals surface area contributed by atoms with Crippen molar-refractivity contribution in [3.8, 4) is 5.75 Å². The predicted octanol–water partition coefficient (Wildman–Crippen LogP) is 4.28. The topological polar surface area (TPSA) is 29.5 Å². The van der Waals surface area contributed by atoms with Crippen molar-refractivity contribution in [3.63, 3.8) is 0 Å². The molecule has 112 valence electrons. The van der Waals surface area contributed by atoms with Crippen LogP contribution in [0.2, 0.25) is 0 Å². The number of benzene rings is 2. The Kier molecular flexibility index (Phi) is 5.26. The summed E-state index contributed by atoms with van der Waals surface area (Å²) in [5, 5.41) is 10.4. The van der Waals surface area contributed by atoms with Crippen LogP contribution in [0.25, 0.3) is 0 Å². The summed E-state index contributed by atoms with van der Waals surface area (Å²) in [6, 6.07) is 10.2. The minimum Gasteiger partial charge on any atom is -0.496 e. The molecule has 1 unspecified atom stereocenters. The molecule has 0 spiro atoms. The number of aliphatic hydroxyl groups excluding tert-OH is 1. The summed E-state index contributed by atoms with van der Waals surface area (Å²) in [7, 11) is 1.62. The molecule has 0 radical (unpaired) electrons. The molecule has 0 saturated heterocycles. The van der Waals surface area contributed by atoms with E-state index in [0.717, 1.165) is 27.3 Å². The fourth-order valence-electron chi connectivity index (χ4n) is 2.14. The van der Waals surface area contributed by atoms with Crippen LogP contribution < -0.4 is 4.74 Å². The monoisotopic (exact) mass is 306 g/mol. The molecule has 0 saturated carbocycles. The number of halogens is 1. The average molecular weight is 306 g/mol. The average Bonchev–Trinajstić information content (AvgIpc) is 2.49. The van der Waals surface area contributed by atoms with Crippen LogP contribution in [0, 0.1) is 19.7 Å². The van der Waals surface area contributed by atoms with Crippen molar-refractivity contribution in [3.05, 3.63) is 58.9 Å². The fourth-order valence-corrected chi connectivity index (χ4v) is 3.00. The highest BCUT2D eigenvalue weighted by atomic mass is 32.2. The second-order valence-corrected chi connectivity index (χ2v) is 6.00. The number of hydrogen-bond donors (Lipinski definition) is 1. The van der Waals surface area contributed by atoms with E-state index in [2.05, 4.69) is 0 Å². The molecule has 0 fully saturated rings. The molecule has 0 aliphatic rings. The van der Waals surface area contributed by atoms with E-state index in [1.54, 1.807) is 19.2 Å². The van der Waals surface area contributed by atoms with E-state index in [9.17, 15) is 9.50 Å². The van der Waals surface area contributed by atoms with Gasteiger partial charge in [-0.1, -0.05) is 12.1 Å². The van der Waals surface area contributed by atoms with Gasteiger partial charge >= 0.3 is 0 Å². The largest absolute Gasteiger partial charge is 0.496 e. The van der Waals surface area contributed by atoms with E-state index in [0.29, 0.717) is 5.75 Å². The van der Waals surface area contributed by atoms with E-state index >= 15 is 0 Å². The molecular formula is C17H19FO2S. The molecule has 2 rings (SSSR count). The van der Waals surface area contributed by atoms with Gasteiger partial charge in [0.2, 0.25) is 0 Å². The van der Waals surface area contributed by atoms with Crippen molar-refractivity contribution in [2.45, 2.75) is 24.8 Å². The molecule has 0 heterocycles. The van der Waals surface area contributed by atoms with E-state index < -0.39 is 6.10 Å². The molecule has 0 bridgehead atoms. The summed E-state index contributed by atoms with van der Waals surface area (Å²) in [5.74, 6) is 0.975. The quantitative estimate of drug-likeness (QED) is 0.836. The first-order chi connectivity index (χ1) is 10.0. The zero-order valence-corrected chi connectivity index (χ0v) is 13.2. The van der Waals surface area contributed by atoms with Crippen LogP contribution in [0.4, 0.5) is 4.39 Å². The van der Waals surface area contributed by atoms with Gasteiger partial charge in [0.05, 0.1) is 13.2 Å². The second-order valence-electron chi connectivity index (χ2n) is 4.91. The van der Waals surface area contributed by atoms with Crippen LogP contribution in [0.5, 0.6) is 5.75 Å². The number of thioether (sulfide) groups is 1. The molecule has 21 heavy (non-hydrogen) atoms. The lowest BCUT2D eigenvalue weighted by Gasteiger charge is -2.17. The molecule has 2 aromatic carbocycles. The molecule has 0 aromatic heterocycles. The Hall–Kier alpha value is -1.52. The van der Waals surface area contributed by atoms with Crippen molar-refractivity contribution in [2.75, 3.05) is 12.9 Å². The van der Waals surface area contributed by atoms with Gasteiger partial charge < -0.3 is 9.84 Å². The molecule has 2 nitrogen and oxygen atoms in total. The fraction of sp³-hybridized carbons (Fsp3) is 0.294. The lowest BCUT2D eigenvalue weighted by molar-refractivity contribution is 0.198. The van der Waals surface area contributed by atoms with Crippen molar-refractivity contribution >= 4 is 11.8 Å². The lowest BCUT2D eigenvalue weighted by atomic mass is 10.0. The lowest BCUT2D eigenvalue weighted by Crippen LogP contribution is -2.05. The molecule has 0 amide bonds. The molecule has 4 heteroatoms. The zero-order valence-electron chi connectivity index (χ0n) is 12.4. The van der Waals surface area contributed by atoms with Gasteiger partial charge in [0, 0.05) is 16.2 Å². The maximum atomic E-state index is 12.9. The van der Waals surface area contributed by atoms with Gasteiger partial charge in [0.1, 0.15) is 11.6 Å². The first-order valence-electron chi connectivity index (χ1n) is 6.73. The van der Waals surface area contributed by atoms with Crippen molar-refractivity contribution < 1.29 is 14.2 Å². The van der Waals surface area contributed by atoms with Crippen LogP contribution in [0.1, 0.15) is 22.8 Å². The molecule has 0 aliphatic carbocycles. The normalized spacial score (nSPS) is 12.2. The van der Waals surface area contributed by atoms with Gasteiger partial charge in [-0.3, -0.25) is 0 Å². The summed E-state index contributed by atoms with van der Waals surface area (Å²) in [4.78, 5) is 0.929. The van der Waals surface area contributed by atoms with Gasteiger partial charge in [-0.05, 0) is 49.2 Å². The number of aliphatic hydroxyl groups is 1. The van der Waals surface area contributed by atoms with Crippen LogP contribution >= 0.6 is 11.8 Å². The summed E-state index contributed by atoms with van der Waals surface area (Å²) < 4.78 is 18.3. The smallest absolute Gasteiger partial charge is 0.127 e. The molecule has 2 aromatic rings. The van der Waals surface area contributed by atoms with Crippen LogP contribution in [0.15, 0.2) is 41.3 Å². The molecule has 1 N–H and O–H groups in total. The third-order valence-electron chi connectivity index (χ3n) is 3.49. The number of aryl methyl sites for hydroxylation is 1. The predicted molar refractivity (Wildman–Crippen MR) is 84.6 cm³/mol. The van der Waals surface area contributed by atoms with Gasteiger partial charge in [-0.2, -0.15) is 0 Å². The highest BCUT2D eigenvalue weighted by molar-refractivity contribution is 7.99. The second kappa shape index (κ2) is 6.96. The van der Waals surface area contributed by atoms with Gasteiger partial charge in [-0.25, -0.2) is 4.39 Å².